The van der Waals surface area contributed by atoms with Gasteiger partial charge in [0.2, 0.25) is 0 Å². The first-order valence-electron chi connectivity index (χ1n) is 7.80. The minimum absolute atomic E-state index is 0.153. The summed E-state index contributed by atoms with van der Waals surface area (Å²) in [6.07, 6.45) is 3.43. The summed E-state index contributed by atoms with van der Waals surface area (Å²) in [5, 5.41) is 24.1. The van der Waals surface area contributed by atoms with E-state index in [9.17, 15) is 10.2 Å². The van der Waals surface area contributed by atoms with Gasteiger partial charge in [0.1, 0.15) is 0 Å². The summed E-state index contributed by atoms with van der Waals surface area (Å²) in [5.41, 5.74) is 4.16. The van der Waals surface area contributed by atoms with E-state index in [1.807, 2.05) is 48.5 Å². The molecule has 0 unspecified atom stereocenters. The van der Waals surface area contributed by atoms with E-state index in [0.29, 0.717) is 0 Å². The summed E-state index contributed by atoms with van der Waals surface area (Å²) in [4.78, 5) is 4.16. The SMILES string of the molecule is Oc1ccc(-c2cc(-c3ccccc3)nn2-c2cccnc2)cc1O. The molecule has 0 saturated carbocycles. The molecule has 122 valence electrons. The highest BCUT2D eigenvalue weighted by Gasteiger charge is 2.14. The van der Waals surface area contributed by atoms with Gasteiger partial charge in [-0.15, -0.1) is 0 Å². The lowest BCUT2D eigenvalue weighted by molar-refractivity contribution is 0.404. The molecule has 0 aliphatic carbocycles. The molecule has 5 nitrogen and oxygen atoms in total. The van der Waals surface area contributed by atoms with Gasteiger partial charge < -0.3 is 10.2 Å². The van der Waals surface area contributed by atoms with Crippen molar-refractivity contribution in [1.82, 2.24) is 14.8 Å². The lowest BCUT2D eigenvalue weighted by Gasteiger charge is -2.08. The smallest absolute Gasteiger partial charge is 0.158 e. The van der Waals surface area contributed by atoms with E-state index in [0.717, 1.165) is 28.2 Å². The monoisotopic (exact) mass is 329 g/mol. The van der Waals surface area contributed by atoms with Crippen molar-refractivity contribution in [3.8, 4) is 39.7 Å². The second-order valence-electron chi connectivity index (χ2n) is 5.61. The van der Waals surface area contributed by atoms with Crippen LogP contribution in [0, 0.1) is 0 Å². The Labute approximate surface area is 144 Å². The number of phenols is 2. The first-order valence-corrected chi connectivity index (χ1v) is 7.80. The molecule has 5 heteroatoms. The number of phenolic OH excluding ortho intramolecular Hbond substituents is 2. The van der Waals surface area contributed by atoms with Crippen LogP contribution >= 0.6 is 0 Å². The molecule has 0 aliphatic heterocycles. The maximum Gasteiger partial charge on any atom is 0.158 e. The molecule has 2 aromatic heterocycles. The minimum atomic E-state index is -0.169. The molecule has 0 amide bonds. The maximum atomic E-state index is 9.85. The highest BCUT2D eigenvalue weighted by molar-refractivity contribution is 5.72. The standard InChI is InChI=1S/C20H15N3O2/c24-19-9-8-15(11-20(19)25)18-12-17(14-5-2-1-3-6-14)22-23(18)16-7-4-10-21-13-16/h1-13,24-25H. The highest BCUT2D eigenvalue weighted by Crippen LogP contribution is 2.33. The second kappa shape index (κ2) is 6.13. The molecule has 2 N–H and O–H groups in total. The van der Waals surface area contributed by atoms with Gasteiger partial charge in [0.25, 0.3) is 0 Å². The van der Waals surface area contributed by atoms with Crippen molar-refractivity contribution in [3.63, 3.8) is 0 Å². The fourth-order valence-electron chi connectivity index (χ4n) is 2.70. The van der Waals surface area contributed by atoms with E-state index in [1.54, 1.807) is 23.1 Å². The molecule has 0 fully saturated rings. The number of aromatic hydroxyl groups is 2. The van der Waals surface area contributed by atoms with Gasteiger partial charge in [-0.05, 0) is 36.4 Å². The first-order chi connectivity index (χ1) is 12.2. The van der Waals surface area contributed by atoms with Gasteiger partial charge in [-0.25, -0.2) is 4.68 Å². The van der Waals surface area contributed by atoms with Crippen molar-refractivity contribution in [2.75, 3.05) is 0 Å². The number of pyridine rings is 1. The molecule has 0 spiro atoms. The van der Waals surface area contributed by atoms with Crippen LogP contribution in [0.2, 0.25) is 0 Å². The Kier molecular flexibility index (Phi) is 3.67. The number of nitrogens with zero attached hydrogens (tertiary/aromatic N) is 3. The Hall–Kier alpha value is -3.60. The van der Waals surface area contributed by atoms with E-state index in [1.165, 1.54) is 12.1 Å². The van der Waals surface area contributed by atoms with Gasteiger partial charge in [0, 0.05) is 17.3 Å². The first kappa shape index (κ1) is 15.0. The number of rotatable bonds is 3. The van der Waals surface area contributed by atoms with E-state index in [-0.39, 0.29) is 11.5 Å². The number of aromatic nitrogens is 3. The molecule has 0 aliphatic rings. The Morgan fingerprint density at radius 2 is 1.60 bits per heavy atom. The lowest BCUT2D eigenvalue weighted by Crippen LogP contribution is -1.99. The zero-order valence-electron chi connectivity index (χ0n) is 13.2. The summed E-state index contributed by atoms with van der Waals surface area (Å²) in [6.45, 7) is 0. The summed E-state index contributed by atoms with van der Waals surface area (Å²) >= 11 is 0. The Bertz CT molecular complexity index is 1010. The van der Waals surface area contributed by atoms with Crippen LogP contribution in [0.1, 0.15) is 0 Å². The summed E-state index contributed by atoms with van der Waals surface area (Å²) in [7, 11) is 0. The van der Waals surface area contributed by atoms with Gasteiger partial charge in [-0.3, -0.25) is 4.98 Å². The molecule has 2 heterocycles. The van der Waals surface area contributed by atoms with Crippen LogP contribution in [0.25, 0.3) is 28.2 Å². The number of benzene rings is 2. The number of hydrogen-bond acceptors (Lipinski definition) is 4. The van der Waals surface area contributed by atoms with Crippen molar-refractivity contribution < 1.29 is 10.2 Å². The number of hydrogen-bond donors (Lipinski definition) is 2. The summed E-state index contributed by atoms with van der Waals surface area (Å²) in [5.74, 6) is -0.322. The maximum absolute atomic E-state index is 9.85. The molecule has 4 rings (SSSR count). The predicted molar refractivity (Wildman–Crippen MR) is 95.6 cm³/mol. The van der Waals surface area contributed by atoms with Crippen LogP contribution in [0.5, 0.6) is 11.5 Å². The van der Waals surface area contributed by atoms with Gasteiger partial charge in [0.15, 0.2) is 11.5 Å². The minimum Gasteiger partial charge on any atom is -0.504 e. The predicted octanol–water partition coefficient (Wildman–Crippen LogP) is 4.01. The third-order valence-corrected chi connectivity index (χ3v) is 3.94. The van der Waals surface area contributed by atoms with Crippen LogP contribution in [0.3, 0.4) is 0 Å². The zero-order valence-corrected chi connectivity index (χ0v) is 13.2. The van der Waals surface area contributed by atoms with Crippen LogP contribution < -0.4 is 0 Å². The summed E-state index contributed by atoms with van der Waals surface area (Å²) in [6, 6.07) is 20.3. The van der Waals surface area contributed by atoms with Crippen molar-refractivity contribution in [1.29, 1.82) is 0 Å². The molecule has 25 heavy (non-hydrogen) atoms. The molecule has 0 radical (unpaired) electrons. The third kappa shape index (κ3) is 2.83. The summed E-state index contributed by atoms with van der Waals surface area (Å²) < 4.78 is 1.78. The zero-order chi connectivity index (χ0) is 17.2. The van der Waals surface area contributed by atoms with Crippen molar-refractivity contribution in [2.24, 2.45) is 0 Å². The molecular formula is C20H15N3O2. The molecule has 0 atom stereocenters. The molecule has 0 bridgehead atoms. The van der Waals surface area contributed by atoms with E-state index < -0.39 is 0 Å². The fourth-order valence-corrected chi connectivity index (χ4v) is 2.70. The van der Waals surface area contributed by atoms with Gasteiger partial charge in [0.05, 0.1) is 23.3 Å². The Morgan fingerprint density at radius 1 is 0.760 bits per heavy atom. The molecule has 2 aromatic carbocycles. The Balaban J connectivity index is 1.92. The van der Waals surface area contributed by atoms with E-state index in [2.05, 4.69) is 4.98 Å². The van der Waals surface area contributed by atoms with Gasteiger partial charge in [-0.2, -0.15) is 5.10 Å². The van der Waals surface area contributed by atoms with E-state index in [4.69, 9.17) is 5.10 Å². The van der Waals surface area contributed by atoms with Crippen LogP contribution in [-0.4, -0.2) is 25.0 Å². The fraction of sp³-hybridized carbons (Fsp3) is 0. The van der Waals surface area contributed by atoms with Gasteiger partial charge >= 0.3 is 0 Å². The highest BCUT2D eigenvalue weighted by atomic mass is 16.3. The second-order valence-corrected chi connectivity index (χ2v) is 5.61. The van der Waals surface area contributed by atoms with Crippen molar-refractivity contribution in [3.05, 3.63) is 79.1 Å². The topological polar surface area (TPSA) is 71.2 Å². The normalized spacial score (nSPS) is 10.7. The van der Waals surface area contributed by atoms with Crippen LogP contribution in [0.4, 0.5) is 0 Å². The molecular weight excluding hydrogens is 314 g/mol. The quantitative estimate of drug-likeness (QED) is 0.557. The van der Waals surface area contributed by atoms with Crippen LogP contribution in [0.15, 0.2) is 79.1 Å². The molecule has 4 aromatic rings. The molecule has 0 saturated heterocycles. The van der Waals surface area contributed by atoms with Crippen molar-refractivity contribution >= 4 is 0 Å². The lowest BCUT2D eigenvalue weighted by atomic mass is 10.1. The third-order valence-electron chi connectivity index (χ3n) is 3.94. The average molecular weight is 329 g/mol. The van der Waals surface area contributed by atoms with Gasteiger partial charge in [-0.1, -0.05) is 30.3 Å². The average Bonchev–Trinajstić information content (AvgIpc) is 3.11. The van der Waals surface area contributed by atoms with Crippen molar-refractivity contribution in [2.45, 2.75) is 0 Å². The van der Waals surface area contributed by atoms with E-state index >= 15 is 0 Å². The largest absolute Gasteiger partial charge is 0.504 e. The Morgan fingerprint density at radius 3 is 2.32 bits per heavy atom. The van der Waals surface area contributed by atoms with Crippen LogP contribution in [-0.2, 0) is 0 Å².